The maximum absolute atomic E-state index is 12.9. The van der Waals surface area contributed by atoms with E-state index in [0.29, 0.717) is 38.8 Å². The standard InChI is InChI=1S/C30H48O/c1-25(2)15-16-27(5)17-18-29(7)20(21(27)19-25)9-10-23-28(6)13-12-24(31)26(3,4)22(28)11-14-30(23,29)8/h9,21-23H,10-19H2,1-8H3/t21-,22+,23-,27-,28-,29-,30+/m0/s1. The van der Waals surface area contributed by atoms with Gasteiger partial charge >= 0.3 is 0 Å². The van der Waals surface area contributed by atoms with Gasteiger partial charge in [0, 0.05) is 11.8 Å². The molecule has 5 aliphatic rings. The van der Waals surface area contributed by atoms with E-state index < -0.39 is 0 Å². The molecule has 0 N–H and O–H groups in total. The number of ketones is 1. The normalized spacial score (nSPS) is 52.8. The molecule has 1 heteroatoms. The zero-order valence-electron chi connectivity index (χ0n) is 21.8. The van der Waals surface area contributed by atoms with Crippen LogP contribution in [0.1, 0.15) is 120 Å². The molecule has 1 nitrogen and oxygen atoms in total. The minimum atomic E-state index is -0.141. The number of hydrogen-bond acceptors (Lipinski definition) is 1. The lowest BCUT2D eigenvalue weighted by Gasteiger charge is -2.70. The first-order valence-corrected chi connectivity index (χ1v) is 13.4. The summed E-state index contributed by atoms with van der Waals surface area (Å²) in [6, 6.07) is 0. The first-order valence-electron chi connectivity index (χ1n) is 13.4. The van der Waals surface area contributed by atoms with Gasteiger partial charge in [-0.1, -0.05) is 67.0 Å². The van der Waals surface area contributed by atoms with Crippen molar-refractivity contribution < 1.29 is 4.79 Å². The van der Waals surface area contributed by atoms with E-state index in [1.165, 1.54) is 51.4 Å². The van der Waals surface area contributed by atoms with Gasteiger partial charge in [0.15, 0.2) is 0 Å². The third-order valence-corrected chi connectivity index (χ3v) is 12.8. The third kappa shape index (κ3) is 2.70. The summed E-state index contributed by atoms with van der Waals surface area (Å²) in [5, 5.41) is 0. The topological polar surface area (TPSA) is 17.1 Å². The molecule has 0 aromatic carbocycles. The Morgan fingerprint density at radius 2 is 1.48 bits per heavy atom. The van der Waals surface area contributed by atoms with Gasteiger partial charge in [-0.3, -0.25) is 4.79 Å². The highest BCUT2D eigenvalue weighted by molar-refractivity contribution is 5.85. The maximum atomic E-state index is 12.9. The summed E-state index contributed by atoms with van der Waals surface area (Å²) in [6.45, 7) is 20.1. The molecule has 4 saturated carbocycles. The zero-order chi connectivity index (χ0) is 22.7. The van der Waals surface area contributed by atoms with Gasteiger partial charge < -0.3 is 0 Å². The lowest BCUT2D eigenvalue weighted by molar-refractivity contribution is -0.184. The number of hydrogen-bond donors (Lipinski definition) is 0. The van der Waals surface area contributed by atoms with Crippen LogP contribution in [-0.4, -0.2) is 5.78 Å². The quantitative estimate of drug-likeness (QED) is 0.357. The molecule has 5 rings (SSSR count). The molecule has 7 atom stereocenters. The van der Waals surface area contributed by atoms with E-state index in [1.807, 2.05) is 5.57 Å². The van der Waals surface area contributed by atoms with E-state index >= 15 is 0 Å². The SMILES string of the molecule is CC1(C)CC[C@@]2(C)CC[C@@]3(C)C(=CC[C@H]4[C@@]5(C)CCC(=O)C(C)(C)[C@H]5CC[C@]43C)[C@@H]2C1. The molecule has 0 saturated heterocycles. The smallest absolute Gasteiger partial charge is 0.138 e. The predicted molar refractivity (Wildman–Crippen MR) is 130 cm³/mol. The van der Waals surface area contributed by atoms with Crippen LogP contribution < -0.4 is 0 Å². The van der Waals surface area contributed by atoms with E-state index in [4.69, 9.17) is 0 Å². The Labute approximate surface area is 192 Å². The predicted octanol–water partition coefficient (Wildman–Crippen LogP) is 8.38. The third-order valence-electron chi connectivity index (χ3n) is 12.8. The summed E-state index contributed by atoms with van der Waals surface area (Å²) in [6.07, 6.45) is 15.5. The van der Waals surface area contributed by atoms with E-state index in [-0.39, 0.29) is 5.41 Å². The van der Waals surface area contributed by atoms with Crippen LogP contribution in [0.2, 0.25) is 0 Å². The second-order valence-corrected chi connectivity index (χ2v) is 15.0. The number of allylic oxidation sites excluding steroid dienone is 2. The van der Waals surface area contributed by atoms with E-state index in [0.717, 1.165) is 24.7 Å². The number of carbonyl (C=O) groups is 1. The molecule has 0 aromatic heterocycles. The molecule has 0 amide bonds. The molecule has 0 spiro atoms. The lowest BCUT2D eigenvalue weighted by Crippen LogP contribution is -2.64. The summed E-state index contributed by atoms with van der Waals surface area (Å²) in [5.74, 6) is 2.58. The van der Waals surface area contributed by atoms with Crippen LogP contribution in [0.5, 0.6) is 0 Å². The van der Waals surface area contributed by atoms with Crippen LogP contribution in [0, 0.1) is 50.2 Å². The fourth-order valence-electron chi connectivity index (χ4n) is 10.3. The lowest BCUT2D eigenvalue weighted by atomic mass is 9.34. The van der Waals surface area contributed by atoms with Crippen LogP contribution in [0.25, 0.3) is 0 Å². The Morgan fingerprint density at radius 3 is 2.19 bits per heavy atom. The molecular formula is C30H48O. The number of rotatable bonds is 0. The molecule has 174 valence electrons. The average Bonchev–Trinajstić information content (AvgIpc) is 2.67. The molecular weight excluding hydrogens is 376 g/mol. The number of Topliss-reactive ketones (excluding diaryl/α,β-unsaturated/α-hetero) is 1. The second kappa shape index (κ2) is 6.29. The summed E-state index contributed by atoms with van der Waals surface area (Å²) in [4.78, 5) is 12.9. The minimum Gasteiger partial charge on any atom is -0.299 e. The molecule has 0 radical (unpaired) electrons. The Balaban J connectivity index is 1.58. The van der Waals surface area contributed by atoms with Crippen LogP contribution in [0.15, 0.2) is 11.6 Å². The molecule has 0 aromatic rings. The monoisotopic (exact) mass is 424 g/mol. The van der Waals surface area contributed by atoms with Crippen molar-refractivity contribution in [2.24, 2.45) is 50.2 Å². The molecule has 4 fully saturated rings. The number of carbonyl (C=O) groups excluding carboxylic acids is 1. The average molecular weight is 425 g/mol. The van der Waals surface area contributed by atoms with Gasteiger partial charge in [-0.15, -0.1) is 0 Å². The Hall–Kier alpha value is -0.590. The fourth-order valence-corrected chi connectivity index (χ4v) is 10.3. The Morgan fingerprint density at radius 1 is 0.806 bits per heavy atom. The van der Waals surface area contributed by atoms with Crippen molar-refractivity contribution in [2.75, 3.05) is 0 Å². The molecule has 0 heterocycles. The van der Waals surface area contributed by atoms with Crippen molar-refractivity contribution in [1.82, 2.24) is 0 Å². The molecule has 0 bridgehead atoms. The van der Waals surface area contributed by atoms with Crippen LogP contribution in [-0.2, 0) is 4.79 Å². The first-order chi connectivity index (χ1) is 14.2. The van der Waals surface area contributed by atoms with Crippen LogP contribution >= 0.6 is 0 Å². The van der Waals surface area contributed by atoms with Gasteiger partial charge in [0.25, 0.3) is 0 Å². The summed E-state index contributed by atoms with van der Waals surface area (Å²) in [5.41, 5.74) is 3.75. The van der Waals surface area contributed by atoms with Crippen LogP contribution in [0.4, 0.5) is 0 Å². The van der Waals surface area contributed by atoms with Crippen LogP contribution in [0.3, 0.4) is 0 Å². The van der Waals surface area contributed by atoms with Crippen molar-refractivity contribution in [3.05, 3.63) is 11.6 Å². The van der Waals surface area contributed by atoms with Crippen molar-refractivity contribution in [1.29, 1.82) is 0 Å². The highest BCUT2D eigenvalue weighted by Crippen LogP contribution is 2.75. The Bertz CT molecular complexity index is 831. The van der Waals surface area contributed by atoms with Gasteiger partial charge in [0.1, 0.15) is 5.78 Å². The Kier molecular flexibility index (Phi) is 4.51. The second-order valence-electron chi connectivity index (χ2n) is 15.0. The largest absolute Gasteiger partial charge is 0.299 e. The van der Waals surface area contributed by atoms with Crippen molar-refractivity contribution in [3.63, 3.8) is 0 Å². The molecule has 0 aliphatic heterocycles. The van der Waals surface area contributed by atoms with E-state index in [2.05, 4.69) is 61.5 Å². The summed E-state index contributed by atoms with van der Waals surface area (Å²) < 4.78 is 0. The molecule has 0 unspecified atom stereocenters. The molecule has 31 heavy (non-hydrogen) atoms. The van der Waals surface area contributed by atoms with Crippen molar-refractivity contribution in [3.8, 4) is 0 Å². The fraction of sp³-hybridized carbons (Fsp3) is 0.900. The summed E-state index contributed by atoms with van der Waals surface area (Å²) in [7, 11) is 0. The van der Waals surface area contributed by atoms with Gasteiger partial charge in [-0.25, -0.2) is 0 Å². The van der Waals surface area contributed by atoms with E-state index in [9.17, 15) is 4.79 Å². The van der Waals surface area contributed by atoms with Gasteiger partial charge in [0.05, 0.1) is 0 Å². The summed E-state index contributed by atoms with van der Waals surface area (Å²) >= 11 is 0. The highest BCUT2D eigenvalue weighted by atomic mass is 16.1. The van der Waals surface area contributed by atoms with E-state index in [1.54, 1.807) is 0 Å². The molecule has 5 aliphatic carbocycles. The van der Waals surface area contributed by atoms with Crippen molar-refractivity contribution >= 4 is 5.78 Å². The first kappa shape index (κ1) is 22.2. The zero-order valence-corrected chi connectivity index (χ0v) is 21.8. The van der Waals surface area contributed by atoms with Gasteiger partial charge in [-0.05, 0) is 103 Å². The number of fused-ring (bicyclic) bond motifs is 7. The van der Waals surface area contributed by atoms with Gasteiger partial charge in [0.2, 0.25) is 0 Å². The minimum absolute atomic E-state index is 0.141. The van der Waals surface area contributed by atoms with Gasteiger partial charge in [-0.2, -0.15) is 0 Å². The maximum Gasteiger partial charge on any atom is 0.138 e. The highest BCUT2D eigenvalue weighted by Gasteiger charge is 2.67. The van der Waals surface area contributed by atoms with Crippen molar-refractivity contribution in [2.45, 2.75) is 120 Å².